The first-order valence-electron chi connectivity index (χ1n) is 6.04. The van der Waals surface area contributed by atoms with Crippen molar-refractivity contribution in [3.05, 3.63) is 0 Å². The first-order chi connectivity index (χ1) is 6.59. The Morgan fingerprint density at radius 1 is 1.29 bits per heavy atom. The Balaban J connectivity index is 2.38. The smallest absolute Gasteiger partial charge is 0.0192 e. The van der Waals surface area contributed by atoms with Crippen LogP contribution in [0.1, 0.15) is 34.1 Å². The summed E-state index contributed by atoms with van der Waals surface area (Å²) < 4.78 is 0. The molecule has 2 nitrogen and oxygen atoms in total. The molecule has 14 heavy (non-hydrogen) atoms. The molecule has 1 fully saturated rings. The molecule has 0 aromatic carbocycles. The lowest BCUT2D eigenvalue weighted by Gasteiger charge is -2.28. The number of hydrogen-bond acceptors (Lipinski definition) is 2. The molecule has 1 aliphatic heterocycles. The van der Waals surface area contributed by atoms with Gasteiger partial charge in [0.1, 0.15) is 0 Å². The van der Waals surface area contributed by atoms with Crippen molar-refractivity contribution >= 4 is 0 Å². The van der Waals surface area contributed by atoms with Crippen LogP contribution in [0.4, 0.5) is 0 Å². The highest BCUT2D eigenvalue weighted by Crippen LogP contribution is 2.11. The van der Waals surface area contributed by atoms with Crippen molar-refractivity contribution in [1.82, 2.24) is 10.2 Å². The Bertz CT molecular complexity index is 156. The second-order valence-corrected chi connectivity index (χ2v) is 5.29. The third-order valence-electron chi connectivity index (χ3n) is 3.10. The standard InChI is InChI=1S/C12H26N2/c1-10(2)5-6-14-9-11(3)7-13-8-12(14)4/h10-13H,5-9H2,1-4H3. The summed E-state index contributed by atoms with van der Waals surface area (Å²) in [7, 11) is 0. The highest BCUT2D eigenvalue weighted by atomic mass is 15.2. The molecule has 1 aliphatic rings. The van der Waals surface area contributed by atoms with E-state index < -0.39 is 0 Å². The minimum Gasteiger partial charge on any atom is -0.315 e. The topological polar surface area (TPSA) is 15.3 Å². The van der Waals surface area contributed by atoms with Crippen LogP contribution in [0, 0.1) is 11.8 Å². The van der Waals surface area contributed by atoms with Crippen LogP contribution in [0.3, 0.4) is 0 Å². The number of nitrogens with one attached hydrogen (secondary N) is 1. The molecule has 1 N–H and O–H groups in total. The second-order valence-electron chi connectivity index (χ2n) is 5.29. The lowest BCUT2D eigenvalue weighted by Crippen LogP contribution is -2.38. The molecule has 2 unspecified atom stereocenters. The monoisotopic (exact) mass is 198 g/mol. The zero-order chi connectivity index (χ0) is 10.6. The van der Waals surface area contributed by atoms with Crippen LogP contribution in [0.5, 0.6) is 0 Å². The Morgan fingerprint density at radius 3 is 2.64 bits per heavy atom. The van der Waals surface area contributed by atoms with E-state index in [9.17, 15) is 0 Å². The van der Waals surface area contributed by atoms with Gasteiger partial charge in [0.25, 0.3) is 0 Å². The largest absolute Gasteiger partial charge is 0.315 e. The van der Waals surface area contributed by atoms with Gasteiger partial charge in [-0.2, -0.15) is 0 Å². The average Bonchev–Trinajstić information content (AvgIpc) is 2.25. The molecule has 0 saturated carbocycles. The quantitative estimate of drug-likeness (QED) is 0.746. The molecule has 2 heteroatoms. The van der Waals surface area contributed by atoms with Gasteiger partial charge in [0.05, 0.1) is 0 Å². The van der Waals surface area contributed by atoms with Gasteiger partial charge in [-0.1, -0.05) is 20.8 Å². The van der Waals surface area contributed by atoms with E-state index in [-0.39, 0.29) is 0 Å². The summed E-state index contributed by atoms with van der Waals surface area (Å²) in [6, 6.07) is 0.707. The molecular weight excluding hydrogens is 172 g/mol. The van der Waals surface area contributed by atoms with Crippen molar-refractivity contribution in [1.29, 1.82) is 0 Å². The van der Waals surface area contributed by atoms with E-state index in [0.29, 0.717) is 6.04 Å². The van der Waals surface area contributed by atoms with Gasteiger partial charge in [0.15, 0.2) is 0 Å². The van der Waals surface area contributed by atoms with Crippen LogP contribution < -0.4 is 5.32 Å². The minimum absolute atomic E-state index is 0.707. The van der Waals surface area contributed by atoms with Gasteiger partial charge >= 0.3 is 0 Å². The molecular formula is C12H26N2. The van der Waals surface area contributed by atoms with Gasteiger partial charge < -0.3 is 5.32 Å². The molecule has 1 rings (SSSR count). The van der Waals surface area contributed by atoms with Gasteiger partial charge in [-0.25, -0.2) is 0 Å². The molecule has 2 atom stereocenters. The van der Waals surface area contributed by atoms with E-state index in [1.807, 2.05) is 0 Å². The maximum atomic E-state index is 3.52. The van der Waals surface area contributed by atoms with Gasteiger partial charge in [-0.05, 0) is 38.3 Å². The minimum atomic E-state index is 0.707. The molecule has 0 aromatic heterocycles. The van der Waals surface area contributed by atoms with Crippen molar-refractivity contribution in [3.63, 3.8) is 0 Å². The second kappa shape index (κ2) is 5.72. The SMILES string of the molecule is CC(C)CCN1CC(C)CNCC1C. The zero-order valence-electron chi connectivity index (χ0n) is 10.2. The van der Waals surface area contributed by atoms with Gasteiger partial charge in [-0.15, -0.1) is 0 Å². The van der Waals surface area contributed by atoms with Gasteiger partial charge in [0.2, 0.25) is 0 Å². The Morgan fingerprint density at radius 2 is 2.00 bits per heavy atom. The molecule has 84 valence electrons. The lowest BCUT2D eigenvalue weighted by atomic mass is 10.1. The fourth-order valence-corrected chi connectivity index (χ4v) is 2.05. The Kier molecular flexibility index (Phi) is 4.90. The highest BCUT2D eigenvalue weighted by molar-refractivity contribution is 4.77. The predicted molar refractivity (Wildman–Crippen MR) is 62.5 cm³/mol. The Labute approximate surface area is 89.1 Å². The fraction of sp³-hybridized carbons (Fsp3) is 1.00. The molecule has 0 spiro atoms. The molecule has 0 amide bonds. The maximum absolute atomic E-state index is 3.52. The normalized spacial score (nSPS) is 30.6. The summed E-state index contributed by atoms with van der Waals surface area (Å²) in [6.07, 6.45) is 1.33. The van der Waals surface area contributed by atoms with E-state index in [1.165, 1.54) is 26.1 Å². The van der Waals surface area contributed by atoms with Crippen molar-refractivity contribution in [2.75, 3.05) is 26.2 Å². The van der Waals surface area contributed by atoms with Crippen LogP contribution in [-0.4, -0.2) is 37.1 Å². The number of nitrogens with zero attached hydrogens (tertiary/aromatic N) is 1. The van der Waals surface area contributed by atoms with Crippen LogP contribution in [-0.2, 0) is 0 Å². The molecule has 1 saturated heterocycles. The molecule has 0 aliphatic carbocycles. The third-order valence-corrected chi connectivity index (χ3v) is 3.10. The summed E-state index contributed by atoms with van der Waals surface area (Å²) in [5.41, 5.74) is 0. The zero-order valence-corrected chi connectivity index (χ0v) is 10.2. The summed E-state index contributed by atoms with van der Waals surface area (Å²) >= 11 is 0. The van der Waals surface area contributed by atoms with Gasteiger partial charge in [-0.3, -0.25) is 4.90 Å². The van der Waals surface area contributed by atoms with Crippen molar-refractivity contribution in [2.45, 2.75) is 40.2 Å². The molecule has 0 bridgehead atoms. The maximum Gasteiger partial charge on any atom is 0.0192 e. The average molecular weight is 198 g/mol. The van der Waals surface area contributed by atoms with E-state index in [4.69, 9.17) is 0 Å². The van der Waals surface area contributed by atoms with Crippen LogP contribution >= 0.6 is 0 Å². The van der Waals surface area contributed by atoms with E-state index >= 15 is 0 Å². The van der Waals surface area contributed by atoms with E-state index in [2.05, 4.69) is 37.9 Å². The van der Waals surface area contributed by atoms with Crippen LogP contribution in [0.25, 0.3) is 0 Å². The first kappa shape index (κ1) is 12.0. The summed E-state index contributed by atoms with van der Waals surface area (Å²) in [5, 5.41) is 3.52. The van der Waals surface area contributed by atoms with Crippen molar-refractivity contribution < 1.29 is 0 Å². The molecule has 0 aromatic rings. The summed E-state index contributed by atoms with van der Waals surface area (Å²) in [4.78, 5) is 2.64. The fourth-order valence-electron chi connectivity index (χ4n) is 2.05. The Hall–Kier alpha value is -0.0800. The highest BCUT2D eigenvalue weighted by Gasteiger charge is 2.19. The van der Waals surface area contributed by atoms with Gasteiger partial charge in [0, 0.05) is 19.1 Å². The third kappa shape index (κ3) is 3.97. The predicted octanol–water partition coefficient (Wildman–Crippen LogP) is 1.96. The molecule has 0 radical (unpaired) electrons. The summed E-state index contributed by atoms with van der Waals surface area (Å²) in [5.74, 6) is 1.63. The lowest BCUT2D eigenvalue weighted by molar-refractivity contribution is 0.193. The van der Waals surface area contributed by atoms with Crippen molar-refractivity contribution in [3.8, 4) is 0 Å². The van der Waals surface area contributed by atoms with Crippen molar-refractivity contribution in [2.24, 2.45) is 11.8 Å². The van der Waals surface area contributed by atoms with Crippen LogP contribution in [0.2, 0.25) is 0 Å². The van der Waals surface area contributed by atoms with Crippen LogP contribution in [0.15, 0.2) is 0 Å². The number of hydrogen-bond donors (Lipinski definition) is 1. The summed E-state index contributed by atoms with van der Waals surface area (Å²) in [6.45, 7) is 14.2. The van der Waals surface area contributed by atoms with E-state index in [0.717, 1.165) is 18.4 Å². The molecule has 1 heterocycles. The van der Waals surface area contributed by atoms with E-state index in [1.54, 1.807) is 0 Å². The number of rotatable bonds is 3. The first-order valence-corrected chi connectivity index (χ1v) is 6.04.